The minimum Gasteiger partial charge on any atom is -0.593 e. The predicted octanol–water partition coefficient (Wildman–Crippen LogP) is 3.49. The van der Waals surface area contributed by atoms with Crippen LogP contribution in [-0.2, 0) is 16.1 Å². The molecule has 3 N–H and O–H groups in total. The standard InChI is InChI=1S/C29H34FN5O3S/c30-23-3-5-24(6-4-23)33-27-11-22-9-10-35(18-29(22,12-21(27)13-31)19-38-17-20-1-2-20)39(37)26-7-8-28(32-14-26)34-15-25(36)16-34/h3-8,11,13-14,20,25,36H,1-2,9-10,12,15-19,31H2/t29-,39?/m1/s1. The Kier molecular flexibility index (Phi) is 7.47. The number of pyridine rings is 1. The van der Waals surface area contributed by atoms with Gasteiger partial charge in [0.2, 0.25) is 0 Å². The van der Waals surface area contributed by atoms with Crippen LogP contribution in [0.5, 0.6) is 0 Å². The molecule has 1 unspecified atom stereocenters. The fourth-order valence-corrected chi connectivity index (χ4v) is 6.78. The summed E-state index contributed by atoms with van der Waals surface area (Å²) in [6.07, 6.45) is 8.86. The minimum atomic E-state index is -1.38. The monoisotopic (exact) mass is 551 g/mol. The number of nitrogens with zero attached hydrogens (tertiary/aromatic N) is 4. The van der Waals surface area contributed by atoms with Crippen molar-refractivity contribution in [1.29, 1.82) is 0 Å². The summed E-state index contributed by atoms with van der Waals surface area (Å²) < 4.78 is 35.4. The normalized spacial score (nSPS) is 26.8. The van der Waals surface area contributed by atoms with Gasteiger partial charge in [-0.25, -0.2) is 14.4 Å². The average molecular weight is 552 g/mol. The van der Waals surface area contributed by atoms with Crippen LogP contribution < -0.4 is 10.6 Å². The number of halogens is 1. The van der Waals surface area contributed by atoms with Crippen LogP contribution in [0.1, 0.15) is 25.7 Å². The Balaban J connectivity index is 1.24. The number of rotatable bonds is 8. The lowest BCUT2D eigenvalue weighted by molar-refractivity contribution is 0.0360. The molecule has 2 atom stereocenters. The van der Waals surface area contributed by atoms with Crippen LogP contribution in [-0.4, -0.2) is 70.2 Å². The van der Waals surface area contributed by atoms with Gasteiger partial charge in [-0.3, -0.25) is 0 Å². The highest BCUT2D eigenvalue weighted by Gasteiger charge is 2.47. The molecule has 2 saturated heterocycles. The van der Waals surface area contributed by atoms with Gasteiger partial charge in [0.05, 0.1) is 48.2 Å². The van der Waals surface area contributed by atoms with Crippen LogP contribution in [0.15, 0.2) is 75.9 Å². The van der Waals surface area contributed by atoms with E-state index in [-0.39, 0.29) is 17.3 Å². The smallest absolute Gasteiger partial charge is 0.192 e. The molecule has 10 heteroatoms. The van der Waals surface area contributed by atoms with Crippen molar-refractivity contribution in [3.63, 3.8) is 0 Å². The molecule has 0 spiro atoms. The molecule has 2 aliphatic heterocycles. The molecular weight excluding hydrogens is 517 g/mol. The number of hydrogen-bond donors (Lipinski definition) is 2. The van der Waals surface area contributed by atoms with Crippen molar-refractivity contribution < 1.29 is 18.8 Å². The first-order chi connectivity index (χ1) is 18.9. The molecule has 4 aliphatic rings. The molecule has 8 nitrogen and oxygen atoms in total. The number of piperidine rings is 1. The van der Waals surface area contributed by atoms with Crippen molar-refractivity contribution in [2.24, 2.45) is 22.1 Å². The van der Waals surface area contributed by atoms with Gasteiger partial charge in [-0.05, 0) is 79.8 Å². The summed E-state index contributed by atoms with van der Waals surface area (Å²) in [7, 11) is 0. The van der Waals surface area contributed by atoms with Crippen LogP contribution in [0, 0.1) is 17.2 Å². The van der Waals surface area contributed by atoms with Gasteiger partial charge in [0.1, 0.15) is 11.6 Å². The van der Waals surface area contributed by atoms with Crippen molar-refractivity contribution >= 4 is 28.6 Å². The van der Waals surface area contributed by atoms with E-state index >= 15 is 0 Å². The summed E-state index contributed by atoms with van der Waals surface area (Å²) in [5.74, 6) is 1.13. The lowest BCUT2D eigenvalue weighted by atomic mass is 9.68. The predicted molar refractivity (Wildman–Crippen MR) is 149 cm³/mol. The lowest BCUT2D eigenvalue weighted by Gasteiger charge is -2.46. The molecule has 3 heterocycles. The number of benzene rings is 1. The molecule has 0 radical (unpaired) electrons. The fourth-order valence-electron chi connectivity index (χ4n) is 5.53. The van der Waals surface area contributed by atoms with Crippen LogP contribution >= 0.6 is 0 Å². The molecule has 6 rings (SSSR count). The van der Waals surface area contributed by atoms with Gasteiger partial charge >= 0.3 is 0 Å². The average Bonchev–Trinajstić information content (AvgIpc) is 3.76. The number of nitrogens with two attached hydrogens (primary N) is 1. The number of allylic oxidation sites excluding steroid dienone is 2. The Labute approximate surface area is 231 Å². The number of aliphatic hydroxyl groups excluding tert-OH is 1. The number of ether oxygens (including phenoxy) is 1. The van der Waals surface area contributed by atoms with Crippen molar-refractivity contribution in [3.8, 4) is 0 Å². The molecule has 39 heavy (non-hydrogen) atoms. The number of anilines is 1. The van der Waals surface area contributed by atoms with Crippen molar-refractivity contribution in [1.82, 2.24) is 9.29 Å². The summed E-state index contributed by atoms with van der Waals surface area (Å²) in [6, 6.07) is 9.86. The Morgan fingerprint density at radius 3 is 2.69 bits per heavy atom. The van der Waals surface area contributed by atoms with E-state index in [1.807, 2.05) is 21.3 Å². The quantitative estimate of drug-likeness (QED) is 0.484. The Morgan fingerprint density at radius 1 is 1.23 bits per heavy atom. The maximum Gasteiger partial charge on any atom is 0.192 e. The second kappa shape index (κ2) is 11.0. The molecule has 3 fully saturated rings. The molecular formula is C29H34FN5O3S. The zero-order valence-electron chi connectivity index (χ0n) is 21.8. The maximum absolute atomic E-state index is 13.7. The number of aliphatic hydroxyl groups is 1. The summed E-state index contributed by atoms with van der Waals surface area (Å²) in [6.45, 7) is 3.62. The van der Waals surface area contributed by atoms with E-state index in [0.717, 1.165) is 30.1 Å². The van der Waals surface area contributed by atoms with Gasteiger partial charge in [-0.1, -0.05) is 5.57 Å². The summed E-state index contributed by atoms with van der Waals surface area (Å²) in [5.41, 5.74) is 9.32. The summed E-state index contributed by atoms with van der Waals surface area (Å²) in [4.78, 5) is 11.9. The Hall–Kier alpha value is -2.76. The summed E-state index contributed by atoms with van der Waals surface area (Å²) in [5, 5.41) is 9.57. The third-order valence-electron chi connectivity index (χ3n) is 8.01. The third kappa shape index (κ3) is 5.76. The van der Waals surface area contributed by atoms with Crippen LogP contribution in [0.3, 0.4) is 0 Å². The second-order valence-electron chi connectivity index (χ2n) is 11.0. The number of aromatic nitrogens is 1. The second-order valence-corrected chi connectivity index (χ2v) is 12.5. The molecule has 1 saturated carbocycles. The van der Waals surface area contributed by atoms with Crippen molar-refractivity contribution in [2.75, 3.05) is 44.3 Å². The van der Waals surface area contributed by atoms with Gasteiger partial charge in [0.15, 0.2) is 4.90 Å². The molecule has 1 aromatic carbocycles. The first-order valence-electron chi connectivity index (χ1n) is 13.5. The van der Waals surface area contributed by atoms with Crippen LogP contribution in [0.25, 0.3) is 0 Å². The zero-order valence-corrected chi connectivity index (χ0v) is 22.7. The van der Waals surface area contributed by atoms with Gasteiger partial charge in [-0.15, -0.1) is 4.31 Å². The van der Waals surface area contributed by atoms with Crippen LogP contribution in [0.4, 0.5) is 15.9 Å². The molecule has 0 bridgehead atoms. The number of hydrogen-bond acceptors (Lipinski definition) is 8. The lowest BCUT2D eigenvalue weighted by Crippen LogP contribution is -2.51. The van der Waals surface area contributed by atoms with E-state index in [2.05, 4.69) is 11.1 Å². The number of aliphatic imine (C=N–C) groups is 1. The highest BCUT2D eigenvalue weighted by molar-refractivity contribution is 7.89. The van der Waals surface area contributed by atoms with Gasteiger partial charge in [0, 0.05) is 37.7 Å². The van der Waals surface area contributed by atoms with E-state index in [0.29, 0.717) is 55.7 Å². The van der Waals surface area contributed by atoms with E-state index in [4.69, 9.17) is 15.5 Å². The Morgan fingerprint density at radius 2 is 2.03 bits per heavy atom. The first-order valence-corrected chi connectivity index (χ1v) is 14.6. The van der Waals surface area contributed by atoms with Gasteiger partial charge in [0.25, 0.3) is 0 Å². The fraction of sp³-hybridized carbons (Fsp3) is 0.448. The molecule has 2 aromatic rings. The maximum atomic E-state index is 13.7. The van der Waals surface area contributed by atoms with Crippen molar-refractivity contribution in [2.45, 2.75) is 36.7 Å². The van der Waals surface area contributed by atoms with E-state index in [9.17, 15) is 14.0 Å². The minimum absolute atomic E-state index is 0.299. The largest absolute Gasteiger partial charge is 0.593 e. The first kappa shape index (κ1) is 26.5. The van der Waals surface area contributed by atoms with Gasteiger partial charge < -0.3 is 25.0 Å². The van der Waals surface area contributed by atoms with Gasteiger partial charge in [-0.2, -0.15) is 0 Å². The topological polar surface area (TPSA) is 110 Å². The Bertz CT molecular complexity index is 1270. The highest BCUT2D eigenvalue weighted by Crippen LogP contribution is 2.46. The van der Waals surface area contributed by atoms with Crippen molar-refractivity contribution in [3.05, 3.63) is 71.8 Å². The highest BCUT2D eigenvalue weighted by atomic mass is 32.2. The van der Waals surface area contributed by atoms with E-state index in [1.54, 1.807) is 24.5 Å². The zero-order chi connectivity index (χ0) is 27.0. The van der Waals surface area contributed by atoms with Crippen LogP contribution in [0.2, 0.25) is 0 Å². The molecule has 0 amide bonds. The molecule has 206 valence electrons. The summed E-state index contributed by atoms with van der Waals surface area (Å²) >= 11 is -1.38. The SMILES string of the molecule is NC=C1C[C@]2(COCC3CC3)CN([S+]([O-])c3ccc(N4CC(O)C4)nc3)CCC2=CC1=Nc1ccc(F)cc1. The third-order valence-corrected chi connectivity index (χ3v) is 9.43. The molecule has 1 aromatic heterocycles. The van der Waals surface area contributed by atoms with E-state index < -0.39 is 11.4 Å². The number of fused-ring (bicyclic) bond motifs is 1. The van der Waals surface area contributed by atoms with E-state index in [1.165, 1.54) is 30.5 Å². The molecule has 2 aliphatic carbocycles. The number of β-amino-alcohol motifs (C(OH)–C–C–N with tert-alkyl or cyclic N) is 1.